The zero-order chi connectivity index (χ0) is 14.9. The smallest absolute Gasteiger partial charge is 0.256 e. The molecular formula is C13H8Br2ClFN2O. The van der Waals surface area contributed by atoms with E-state index in [4.69, 9.17) is 17.3 Å². The van der Waals surface area contributed by atoms with Crippen LogP contribution < -0.4 is 11.1 Å². The molecule has 0 bridgehead atoms. The summed E-state index contributed by atoms with van der Waals surface area (Å²) in [4.78, 5) is 12.2. The maximum Gasteiger partial charge on any atom is 0.256 e. The van der Waals surface area contributed by atoms with Crippen LogP contribution >= 0.6 is 43.5 Å². The summed E-state index contributed by atoms with van der Waals surface area (Å²) in [6, 6.07) is 7.48. The molecule has 0 radical (unpaired) electrons. The van der Waals surface area contributed by atoms with Gasteiger partial charge in [0.2, 0.25) is 0 Å². The van der Waals surface area contributed by atoms with Gasteiger partial charge in [-0.3, -0.25) is 4.79 Å². The van der Waals surface area contributed by atoms with Crippen LogP contribution in [-0.2, 0) is 0 Å². The predicted octanol–water partition coefficient (Wildman–Crippen LogP) is 4.84. The number of hydrogen-bond donors (Lipinski definition) is 2. The number of nitrogens with two attached hydrogens (primary N) is 1. The maximum atomic E-state index is 13.3. The van der Waals surface area contributed by atoms with Gasteiger partial charge in [-0.1, -0.05) is 27.5 Å². The molecule has 0 aliphatic carbocycles. The third kappa shape index (κ3) is 3.31. The molecule has 2 aromatic rings. The van der Waals surface area contributed by atoms with Crippen molar-refractivity contribution in [3.8, 4) is 0 Å². The number of hydrogen-bond acceptors (Lipinski definition) is 2. The molecule has 0 saturated heterocycles. The van der Waals surface area contributed by atoms with Crippen LogP contribution in [0.25, 0.3) is 0 Å². The molecule has 1 amide bonds. The number of carbonyl (C=O) groups is 1. The zero-order valence-corrected chi connectivity index (χ0v) is 13.8. The molecule has 104 valence electrons. The van der Waals surface area contributed by atoms with Crippen LogP contribution in [0.5, 0.6) is 0 Å². The average molecular weight is 422 g/mol. The Morgan fingerprint density at radius 3 is 2.65 bits per heavy atom. The van der Waals surface area contributed by atoms with E-state index in [-0.39, 0.29) is 11.3 Å². The quantitative estimate of drug-likeness (QED) is 0.681. The molecule has 0 fully saturated rings. The van der Waals surface area contributed by atoms with Gasteiger partial charge in [0, 0.05) is 8.95 Å². The molecule has 0 aliphatic rings. The van der Waals surface area contributed by atoms with Crippen molar-refractivity contribution in [3.05, 3.63) is 55.7 Å². The van der Waals surface area contributed by atoms with Gasteiger partial charge in [-0.2, -0.15) is 0 Å². The molecule has 0 spiro atoms. The molecule has 2 rings (SSSR count). The first-order chi connectivity index (χ1) is 9.38. The molecule has 0 heterocycles. The van der Waals surface area contributed by atoms with Crippen LogP contribution in [0, 0.1) is 5.82 Å². The summed E-state index contributed by atoms with van der Waals surface area (Å²) in [5, 5.41) is 3.04. The van der Waals surface area contributed by atoms with Gasteiger partial charge in [-0.05, 0) is 46.3 Å². The van der Waals surface area contributed by atoms with E-state index >= 15 is 0 Å². The summed E-state index contributed by atoms with van der Waals surface area (Å²) < 4.78 is 14.3. The Balaban J connectivity index is 2.33. The van der Waals surface area contributed by atoms with E-state index in [2.05, 4.69) is 37.2 Å². The predicted molar refractivity (Wildman–Crippen MR) is 85.6 cm³/mol. The van der Waals surface area contributed by atoms with Gasteiger partial charge in [-0.15, -0.1) is 0 Å². The highest BCUT2D eigenvalue weighted by molar-refractivity contribution is 9.10. The van der Waals surface area contributed by atoms with E-state index < -0.39 is 11.7 Å². The van der Waals surface area contributed by atoms with Crippen molar-refractivity contribution >= 4 is 60.7 Å². The summed E-state index contributed by atoms with van der Waals surface area (Å²) in [5.41, 5.74) is 6.03. The van der Waals surface area contributed by atoms with Crippen LogP contribution in [0.1, 0.15) is 10.4 Å². The second kappa shape index (κ2) is 6.11. The highest BCUT2D eigenvalue weighted by Gasteiger charge is 2.14. The van der Waals surface area contributed by atoms with Crippen LogP contribution in [-0.4, -0.2) is 5.91 Å². The van der Waals surface area contributed by atoms with Crippen LogP contribution in [0.2, 0.25) is 5.02 Å². The number of benzene rings is 2. The number of halogens is 4. The van der Waals surface area contributed by atoms with Crippen LogP contribution in [0.15, 0.2) is 39.3 Å². The van der Waals surface area contributed by atoms with E-state index in [0.29, 0.717) is 15.2 Å². The molecule has 20 heavy (non-hydrogen) atoms. The van der Waals surface area contributed by atoms with Crippen molar-refractivity contribution in [3.63, 3.8) is 0 Å². The third-order valence-corrected chi connectivity index (χ3v) is 3.99. The fourth-order valence-electron chi connectivity index (χ4n) is 1.52. The lowest BCUT2D eigenvalue weighted by Crippen LogP contribution is -2.13. The fraction of sp³-hybridized carbons (Fsp3) is 0. The molecule has 0 atom stereocenters. The molecule has 0 unspecified atom stereocenters. The minimum absolute atomic E-state index is 0.0984. The topological polar surface area (TPSA) is 55.1 Å². The average Bonchev–Trinajstić information content (AvgIpc) is 2.38. The maximum absolute atomic E-state index is 13.3. The van der Waals surface area contributed by atoms with E-state index in [9.17, 15) is 9.18 Å². The Kier molecular flexibility index (Phi) is 4.67. The van der Waals surface area contributed by atoms with Gasteiger partial charge >= 0.3 is 0 Å². The van der Waals surface area contributed by atoms with Crippen molar-refractivity contribution in [2.24, 2.45) is 0 Å². The van der Waals surface area contributed by atoms with Gasteiger partial charge in [-0.25, -0.2) is 4.39 Å². The van der Waals surface area contributed by atoms with Gasteiger partial charge in [0.05, 0.1) is 22.0 Å². The minimum atomic E-state index is -0.589. The molecule has 3 N–H and O–H groups in total. The number of amides is 1. The highest BCUT2D eigenvalue weighted by Crippen LogP contribution is 2.28. The lowest BCUT2D eigenvalue weighted by Gasteiger charge is -2.10. The second-order valence-electron chi connectivity index (χ2n) is 3.93. The summed E-state index contributed by atoms with van der Waals surface area (Å²) in [6.45, 7) is 0. The molecule has 3 nitrogen and oxygen atoms in total. The second-order valence-corrected chi connectivity index (χ2v) is 6.11. The Morgan fingerprint density at radius 1 is 1.25 bits per heavy atom. The highest BCUT2D eigenvalue weighted by atomic mass is 79.9. The third-order valence-electron chi connectivity index (χ3n) is 2.51. The van der Waals surface area contributed by atoms with Gasteiger partial charge < -0.3 is 11.1 Å². The number of nitrogens with one attached hydrogen (secondary N) is 1. The van der Waals surface area contributed by atoms with E-state index in [1.165, 1.54) is 6.07 Å². The number of nitrogen functional groups attached to an aromatic ring is 1. The number of carbonyl (C=O) groups excluding carboxylic acids is 1. The molecule has 2 aromatic carbocycles. The normalized spacial score (nSPS) is 10.4. The lowest BCUT2D eigenvalue weighted by molar-refractivity contribution is 0.102. The molecule has 0 saturated carbocycles. The van der Waals surface area contributed by atoms with Crippen LogP contribution in [0.4, 0.5) is 15.8 Å². The summed E-state index contributed by atoms with van der Waals surface area (Å²) in [6.07, 6.45) is 0. The van der Waals surface area contributed by atoms with Crippen molar-refractivity contribution < 1.29 is 9.18 Å². The van der Waals surface area contributed by atoms with Gasteiger partial charge in [0.1, 0.15) is 5.82 Å². The Morgan fingerprint density at radius 2 is 1.95 bits per heavy atom. The Hall–Kier alpha value is -1.11. The number of anilines is 2. The zero-order valence-electron chi connectivity index (χ0n) is 9.88. The first kappa shape index (κ1) is 15.3. The summed E-state index contributed by atoms with van der Waals surface area (Å²) in [7, 11) is 0. The monoisotopic (exact) mass is 420 g/mol. The Bertz CT molecular complexity index is 694. The van der Waals surface area contributed by atoms with Gasteiger partial charge in [0.15, 0.2) is 0 Å². The first-order valence-electron chi connectivity index (χ1n) is 5.39. The molecule has 0 aromatic heterocycles. The van der Waals surface area contributed by atoms with E-state index in [0.717, 1.165) is 10.5 Å². The molecular weight excluding hydrogens is 414 g/mol. The number of rotatable bonds is 2. The fourth-order valence-corrected chi connectivity index (χ4v) is 2.54. The van der Waals surface area contributed by atoms with Gasteiger partial charge in [0.25, 0.3) is 5.91 Å². The van der Waals surface area contributed by atoms with Crippen molar-refractivity contribution in [1.82, 2.24) is 0 Å². The summed E-state index contributed by atoms with van der Waals surface area (Å²) in [5.74, 6) is -1.03. The molecule has 7 heteroatoms. The van der Waals surface area contributed by atoms with Crippen molar-refractivity contribution in [2.75, 3.05) is 11.1 Å². The van der Waals surface area contributed by atoms with Crippen molar-refractivity contribution in [1.29, 1.82) is 0 Å². The van der Waals surface area contributed by atoms with E-state index in [1.807, 2.05) is 0 Å². The van der Waals surface area contributed by atoms with Crippen LogP contribution in [0.3, 0.4) is 0 Å². The summed E-state index contributed by atoms with van der Waals surface area (Å²) >= 11 is 12.4. The standard InChI is InChI=1S/C13H8Br2ClFN2O/c14-6-1-2-9(16)12(3-6)19-13(20)7-4-11(18)10(17)5-8(7)15/h1-5H,18H2,(H,19,20). The lowest BCUT2D eigenvalue weighted by atomic mass is 10.1. The molecule has 0 aliphatic heterocycles. The van der Waals surface area contributed by atoms with E-state index in [1.54, 1.807) is 18.2 Å². The first-order valence-corrected chi connectivity index (χ1v) is 7.36. The largest absolute Gasteiger partial charge is 0.396 e. The minimum Gasteiger partial charge on any atom is -0.396 e. The Labute approximate surface area is 136 Å². The van der Waals surface area contributed by atoms with Crippen molar-refractivity contribution in [2.45, 2.75) is 0 Å². The SMILES string of the molecule is Nc1cc(C(=O)Nc2cc(Br)ccc2Cl)c(Br)cc1F.